The predicted octanol–water partition coefficient (Wildman–Crippen LogP) is 1.13. The van der Waals surface area contributed by atoms with Crippen LogP contribution in [0.2, 0.25) is 11.6 Å². The highest BCUT2D eigenvalue weighted by Crippen LogP contribution is 2.62. The van der Waals surface area contributed by atoms with Crippen LogP contribution in [0.1, 0.15) is 6.92 Å². The lowest BCUT2D eigenvalue weighted by atomic mass is 9.91. The molecular formula is C6H5BN. The van der Waals surface area contributed by atoms with Crippen molar-refractivity contribution in [1.29, 1.82) is 5.26 Å². The summed E-state index contributed by atoms with van der Waals surface area (Å²) in [4.78, 5) is 0. The monoisotopic (exact) mass is 102 g/mol. The molecule has 0 bridgehead atoms. The molecule has 0 aromatic rings. The minimum absolute atomic E-state index is 0.583. The molecule has 1 saturated heterocycles. The number of rotatable bonds is 0. The summed E-state index contributed by atoms with van der Waals surface area (Å²) < 4.78 is 0. The van der Waals surface area contributed by atoms with Gasteiger partial charge < -0.3 is 0 Å². The third-order valence-corrected chi connectivity index (χ3v) is 2.04. The smallest absolute Gasteiger partial charge is 0.129 e. The minimum Gasteiger partial charge on any atom is -0.193 e. The van der Waals surface area contributed by atoms with Gasteiger partial charge in [-0.25, -0.2) is 0 Å². The quantitative estimate of drug-likeness (QED) is 0.420. The fraction of sp³-hybridized carbons (Fsp3) is 0.500. The number of allylic oxidation sites excluding steroid dienone is 2. The third kappa shape index (κ3) is 0.262. The summed E-state index contributed by atoms with van der Waals surface area (Å²) in [7, 11) is 2.22. The normalized spacial score (nSPS) is 39.0. The van der Waals surface area contributed by atoms with Crippen LogP contribution < -0.4 is 0 Å². The van der Waals surface area contributed by atoms with E-state index in [-0.39, 0.29) is 0 Å². The third-order valence-electron chi connectivity index (χ3n) is 2.04. The molecule has 1 aliphatic heterocycles. The van der Waals surface area contributed by atoms with Gasteiger partial charge >= 0.3 is 0 Å². The van der Waals surface area contributed by atoms with E-state index in [4.69, 9.17) is 5.26 Å². The Labute approximate surface area is 49.2 Å². The summed E-state index contributed by atoms with van der Waals surface area (Å²) in [6.07, 6.45) is 0. The first-order valence-electron chi connectivity index (χ1n) is 2.80. The Balaban J connectivity index is 2.38. The van der Waals surface area contributed by atoms with Crippen LogP contribution in [0.3, 0.4) is 0 Å². The van der Waals surface area contributed by atoms with Gasteiger partial charge in [-0.2, -0.15) is 5.26 Å². The Morgan fingerprint density at radius 2 is 2.38 bits per heavy atom. The van der Waals surface area contributed by atoms with E-state index in [0.29, 0.717) is 11.6 Å². The summed E-state index contributed by atoms with van der Waals surface area (Å²) in [6.45, 7) is 2.04. The average Bonchev–Trinajstić information content (AvgIpc) is 2.44. The molecule has 1 fully saturated rings. The fourth-order valence-corrected chi connectivity index (χ4v) is 1.36. The highest BCUT2D eigenvalue weighted by Gasteiger charge is 2.51. The van der Waals surface area contributed by atoms with Gasteiger partial charge in [0.2, 0.25) is 0 Å². The lowest BCUT2D eigenvalue weighted by Crippen LogP contribution is -1.94. The van der Waals surface area contributed by atoms with Crippen LogP contribution in [-0.4, -0.2) is 7.28 Å². The molecule has 2 rings (SSSR count). The first kappa shape index (κ1) is 4.20. The van der Waals surface area contributed by atoms with Crippen molar-refractivity contribution in [2.75, 3.05) is 0 Å². The maximum Gasteiger partial charge on any atom is 0.129 e. The average molecular weight is 102 g/mol. The van der Waals surface area contributed by atoms with Crippen LogP contribution in [-0.2, 0) is 0 Å². The van der Waals surface area contributed by atoms with Crippen LogP contribution in [0.5, 0.6) is 0 Å². The first-order valence-corrected chi connectivity index (χ1v) is 2.80. The van der Waals surface area contributed by atoms with Crippen molar-refractivity contribution in [1.82, 2.24) is 0 Å². The van der Waals surface area contributed by atoms with Crippen molar-refractivity contribution in [2.24, 2.45) is 0 Å². The van der Waals surface area contributed by atoms with Gasteiger partial charge in [0.05, 0.1) is 6.07 Å². The molecule has 0 aromatic carbocycles. The van der Waals surface area contributed by atoms with E-state index in [1.54, 1.807) is 0 Å². The maximum atomic E-state index is 8.43. The zero-order chi connectivity index (χ0) is 5.72. The molecular weight excluding hydrogens is 96.9 g/mol. The molecule has 1 aliphatic carbocycles. The van der Waals surface area contributed by atoms with Crippen molar-refractivity contribution in [2.45, 2.75) is 18.6 Å². The topological polar surface area (TPSA) is 23.8 Å². The summed E-state index contributed by atoms with van der Waals surface area (Å²) in [5.74, 6) is 1.30. The molecule has 1 radical (unpaired) electrons. The highest BCUT2D eigenvalue weighted by molar-refractivity contribution is 6.59. The fourth-order valence-electron chi connectivity index (χ4n) is 1.36. The maximum absolute atomic E-state index is 8.43. The Hall–Kier alpha value is -0.705. The highest BCUT2D eigenvalue weighted by atomic mass is 14.4. The van der Waals surface area contributed by atoms with E-state index in [2.05, 4.69) is 13.3 Å². The van der Waals surface area contributed by atoms with Gasteiger partial charge in [-0.15, -0.1) is 0 Å². The van der Waals surface area contributed by atoms with E-state index in [1.807, 2.05) is 6.92 Å². The second-order valence-electron chi connectivity index (χ2n) is 2.45. The molecule has 8 heavy (non-hydrogen) atoms. The minimum atomic E-state index is 0.583. The van der Waals surface area contributed by atoms with Crippen molar-refractivity contribution in [3.63, 3.8) is 0 Å². The van der Waals surface area contributed by atoms with Crippen molar-refractivity contribution in [3.05, 3.63) is 11.1 Å². The van der Waals surface area contributed by atoms with E-state index >= 15 is 0 Å². The molecule has 2 atom stereocenters. The molecule has 0 N–H and O–H groups in total. The van der Waals surface area contributed by atoms with Crippen molar-refractivity contribution in [3.8, 4) is 6.07 Å². The van der Waals surface area contributed by atoms with Gasteiger partial charge in [0.15, 0.2) is 0 Å². The zero-order valence-electron chi connectivity index (χ0n) is 4.68. The van der Waals surface area contributed by atoms with Gasteiger partial charge in [0.25, 0.3) is 0 Å². The summed E-state index contributed by atoms with van der Waals surface area (Å²) in [5, 5.41) is 8.43. The van der Waals surface area contributed by atoms with Crippen LogP contribution in [0.25, 0.3) is 0 Å². The Morgan fingerprint density at radius 3 is 2.62 bits per heavy atom. The van der Waals surface area contributed by atoms with Gasteiger partial charge in [-0.3, -0.25) is 0 Å². The molecule has 2 heteroatoms. The summed E-state index contributed by atoms with van der Waals surface area (Å²) in [6, 6.07) is 2.19. The van der Waals surface area contributed by atoms with Crippen LogP contribution in [0, 0.1) is 11.3 Å². The number of nitriles is 1. The summed E-state index contributed by atoms with van der Waals surface area (Å²) in [5.41, 5.74) is 2.33. The van der Waals surface area contributed by atoms with Crippen molar-refractivity contribution < 1.29 is 0 Å². The zero-order valence-corrected chi connectivity index (χ0v) is 4.68. The van der Waals surface area contributed by atoms with Crippen LogP contribution >= 0.6 is 0 Å². The number of hydrogen-bond acceptors (Lipinski definition) is 1. The van der Waals surface area contributed by atoms with Crippen LogP contribution in [0.15, 0.2) is 11.1 Å². The van der Waals surface area contributed by atoms with E-state index < -0.39 is 0 Å². The van der Waals surface area contributed by atoms with Gasteiger partial charge in [-0.1, -0.05) is 5.57 Å². The second kappa shape index (κ2) is 0.998. The number of fused-ring (bicyclic) bond motifs is 1. The standard InChI is InChI=1S/C6H5BN/c1-3-4(2-8)6-5(3)7-6/h5-6H,1H3/t5?,6-/m0/s1. The van der Waals surface area contributed by atoms with Gasteiger partial charge in [-0.05, 0) is 18.6 Å². The lowest BCUT2D eigenvalue weighted by Gasteiger charge is -2.13. The molecule has 0 saturated carbocycles. The Kier molecular flexibility index (Phi) is 0.524. The SMILES string of the molecule is CC1=C(C#N)[C@@H]2[B]C12. The molecule has 0 aromatic heterocycles. The predicted molar refractivity (Wildman–Crippen MR) is 31.6 cm³/mol. The molecule has 37 valence electrons. The first-order chi connectivity index (χ1) is 3.84. The van der Waals surface area contributed by atoms with E-state index in [1.165, 1.54) is 5.57 Å². The molecule has 1 nitrogen and oxygen atoms in total. The van der Waals surface area contributed by atoms with Crippen LogP contribution in [0.4, 0.5) is 0 Å². The number of nitrogens with zero attached hydrogens (tertiary/aromatic N) is 1. The van der Waals surface area contributed by atoms with E-state index in [0.717, 1.165) is 5.57 Å². The lowest BCUT2D eigenvalue weighted by molar-refractivity contribution is 0.945. The Bertz CT molecular complexity index is 211. The second-order valence-corrected chi connectivity index (χ2v) is 2.45. The van der Waals surface area contributed by atoms with Gasteiger partial charge in [0, 0.05) is 5.57 Å². The summed E-state index contributed by atoms with van der Waals surface area (Å²) >= 11 is 0. The molecule has 1 heterocycles. The Morgan fingerprint density at radius 1 is 1.62 bits per heavy atom. The van der Waals surface area contributed by atoms with Crippen molar-refractivity contribution >= 4 is 7.28 Å². The molecule has 0 spiro atoms. The largest absolute Gasteiger partial charge is 0.193 e. The molecule has 2 aliphatic rings. The van der Waals surface area contributed by atoms with Gasteiger partial charge in [0.1, 0.15) is 7.28 Å². The number of hydrogen-bond donors (Lipinski definition) is 0. The van der Waals surface area contributed by atoms with E-state index in [9.17, 15) is 0 Å². The molecule has 1 unspecified atom stereocenters. The molecule has 0 amide bonds.